The molecular weight excluding hydrogens is 191 g/mol. The van der Waals surface area contributed by atoms with Crippen LogP contribution >= 0.6 is 18.1 Å². The number of unbranched alkanes of at least 4 members (excludes halogenated alkanes) is 2. The van der Waals surface area contributed by atoms with Crippen molar-refractivity contribution in [1.29, 1.82) is 0 Å². The van der Waals surface area contributed by atoms with Gasteiger partial charge in [-0.05, 0) is 5.92 Å². The van der Waals surface area contributed by atoms with Gasteiger partial charge in [0.05, 0.1) is 0 Å². The zero-order valence-electron chi connectivity index (χ0n) is 7.58. The Hall–Kier alpha value is 1.35. The Morgan fingerprint density at radius 1 is 1.27 bits per heavy atom. The van der Waals surface area contributed by atoms with Gasteiger partial charge in [0, 0.05) is 0 Å². The minimum absolute atomic E-state index is 0.639. The highest BCUT2D eigenvalue weighted by Crippen LogP contribution is 2.06. The van der Waals surface area contributed by atoms with Crippen LogP contribution in [-0.2, 0) is 0 Å². The number of rotatable bonds is 4. The van der Waals surface area contributed by atoms with E-state index in [2.05, 4.69) is 20.8 Å². The first-order chi connectivity index (χ1) is 5.18. The van der Waals surface area contributed by atoms with E-state index in [-0.39, 0.29) is 0 Å². The molecule has 0 aromatic carbocycles. The van der Waals surface area contributed by atoms with Crippen LogP contribution in [0.1, 0.15) is 39.5 Å². The molecule has 0 heterocycles. The lowest BCUT2D eigenvalue weighted by Gasteiger charge is -2.00. The molecule has 0 unspecified atom stereocenters. The van der Waals surface area contributed by atoms with Crippen molar-refractivity contribution in [3.8, 4) is 0 Å². The smallest absolute Gasteiger partial charge is 0.309 e. The fraction of sp³-hybridized carbons (Fsp3) is 0.875. The van der Waals surface area contributed by atoms with Crippen LogP contribution in [0.5, 0.6) is 0 Å². The quantitative estimate of drug-likeness (QED) is 0.483. The molecule has 0 saturated heterocycles. The van der Waals surface area contributed by atoms with Crippen molar-refractivity contribution in [2.75, 3.05) is 0 Å². The summed E-state index contributed by atoms with van der Waals surface area (Å²) < 4.78 is 0. The average Bonchev–Trinajstić information content (AvgIpc) is 1.89. The van der Waals surface area contributed by atoms with E-state index >= 15 is 0 Å². The molecule has 3 heteroatoms. The highest BCUT2D eigenvalue weighted by molar-refractivity contribution is 7.22. The fourth-order valence-corrected chi connectivity index (χ4v) is 0.729. The molecule has 0 fully saturated rings. The van der Waals surface area contributed by atoms with Crippen molar-refractivity contribution in [3.05, 3.63) is 6.92 Å². The van der Waals surface area contributed by atoms with Crippen LogP contribution in [-0.4, -0.2) is 18.2 Å². The van der Waals surface area contributed by atoms with Crippen molar-refractivity contribution in [1.82, 2.24) is 0 Å². The Morgan fingerprint density at radius 3 is 2.00 bits per heavy atom. The van der Waals surface area contributed by atoms with E-state index < -0.39 is 18.2 Å². The van der Waals surface area contributed by atoms with Crippen LogP contribution in [0.25, 0.3) is 0 Å². The molecule has 0 saturated carbocycles. The maximum atomic E-state index is 4.90. The second-order valence-corrected chi connectivity index (χ2v) is 5.47. The predicted octanol–water partition coefficient (Wildman–Crippen LogP) is 4.04. The van der Waals surface area contributed by atoms with Gasteiger partial charge < -0.3 is 18.1 Å². The normalized spacial score (nSPS) is 8.55. The van der Waals surface area contributed by atoms with Crippen LogP contribution < -0.4 is 0 Å². The maximum absolute atomic E-state index is 4.90. The molecule has 0 atom stereocenters. The summed E-state index contributed by atoms with van der Waals surface area (Å²) >= 11 is -0.639. The molecule has 0 rings (SSSR count). The van der Waals surface area contributed by atoms with Crippen molar-refractivity contribution in [3.63, 3.8) is 0 Å². The van der Waals surface area contributed by atoms with Gasteiger partial charge >= 0.3 is 18.2 Å². The Kier molecular flexibility index (Phi) is 18.8. The molecule has 0 aliphatic rings. The summed E-state index contributed by atoms with van der Waals surface area (Å²) in [6, 6.07) is 0. The van der Waals surface area contributed by atoms with Crippen LogP contribution in [0.15, 0.2) is 0 Å². The summed E-state index contributed by atoms with van der Waals surface area (Å²) in [5.41, 5.74) is 0. The molecule has 0 nitrogen and oxygen atoms in total. The summed E-state index contributed by atoms with van der Waals surface area (Å²) in [6.07, 6.45) is 5.14. The highest BCUT2D eigenvalue weighted by atomic mass is 35.6. The van der Waals surface area contributed by atoms with Crippen LogP contribution in [0.4, 0.5) is 0 Å². The minimum Gasteiger partial charge on any atom is -0.309 e. The van der Waals surface area contributed by atoms with Gasteiger partial charge in [-0.2, -0.15) is 0 Å². The van der Waals surface area contributed by atoms with Crippen molar-refractivity contribution < 1.29 is 0 Å². The molecule has 0 N–H and O–H groups in total. The van der Waals surface area contributed by atoms with E-state index in [1.165, 1.54) is 19.3 Å². The molecule has 65 valence electrons. The van der Waals surface area contributed by atoms with Gasteiger partial charge in [0.25, 0.3) is 0 Å². The zero-order chi connectivity index (χ0) is 9.11. The standard InChI is InChI=1S/C8H17.2ClH.Mg/c1-4-5-6-7-8(2)3;;;/h8H,1,4-7H2,2-3H3;2*1H;/q;;;+2/p-2. The molecule has 0 spiro atoms. The Labute approximate surface area is 88.3 Å². The molecular formula is C8H17Cl2Mg. The first-order valence-electron chi connectivity index (χ1n) is 4.10. The van der Waals surface area contributed by atoms with E-state index in [4.69, 9.17) is 18.1 Å². The van der Waals surface area contributed by atoms with Crippen LogP contribution in [0, 0.1) is 12.8 Å². The molecule has 0 aliphatic carbocycles. The summed E-state index contributed by atoms with van der Waals surface area (Å²) in [5.74, 6) is 0.876. The Bertz CT molecular complexity index is 58.1. The van der Waals surface area contributed by atoms with Gasteiger partial charge in [0.2, 0.25) is 0 Å². The fourth-order valence-electron chi connectivity index (χ4n) is 0.729. The third-order valence-corrected chi connectivity index (χ3v) is 1.28. The zero-order valence-corrected chi connectivity index (χ0v) is 10.5. The molecule has 0 aromatic rings. The van der Waals surface area contributed by atoms with Crippen molar-refractivity contribution in [2.45, 2.75) is 39.5 Å². The van der Waals surface area contributed by atoms with E-state index in [0.717, 1.165) is 12.3 Å². The van der Waals surface area contributed by atoms with E-state index in [0.29, 0.717) is 0 Å². The van der Waals surface area contributed by atoms with Gasteiger partial charge in [-0.1, -0.05) is 46.5 Å². The molecule has 1 radical (unpaired) electrons. The van der Waals surface area contributed by atoms with Crippen LogP contribution in [0.3, 0.4) is 0 Å². The van der Waals surface area contributed by atoms with Crippen LogP contribution in [0.2, 0.25) is 0 Å². The lowest BCUT2D eigenvalue weighted by Crippen LogP contribution is -1.85. The van der Waals surface area contributed by atoms with Gasteiger partial charge in [-0.3, -0.25) is 0 Å². The first-order valence-corrected chi connectivity index (χ1v) is 8.37. The summed E-state index contributed by atoms with van der Waals surface area (Å²) in [5, 5.41) is 0. The minimum atomic E-state index is -0.639. The van der Waals surface area contributed by atoms with E-state index in [9.17, 15) is 0 Å². The Morgan fingerprint density at radius 2 is 1.73 bits per heavy atom. The van der Waals surface area contributed by atoms with E-state index in [1.807, 2.05) is 0 Å². The molecule has 0 bridgehead atoms. The molecule has 11 heavy (non-hydrogen) atoms. The summed E-state index contributed by atoms with van der Waals surface area (Å²) in [4.78, 5) is 0. The lowest BCUT2D eigenvalue weighted by molar-refractivity contribution is 0.540. The van der Waals surface area contributed by atoms with Gasteiger partial charge in [-0.25, -0.2) is 0 Å². The van der Waals surface area contributed by atoms with Crippen molar-refractivity contribution in [2.24, 2.45) is 5.92 Å². The van der Waals surface area contributed by atoms with Gasteiger partial charge in [0.15, 0.2) is 0 Å². The Balaban J connectivity index is 0. The number of halogens is 2. The molecule has 0 aliphatic heterocycles. The second-order valence-electron chi connectivity index (χ2n) is 2.84. The van der Waals surface area contributed by atoms with Gasteiger partial charge in [-0.15, -0.1) is 0 Å². The SMILES string of the molecule is [CH2]CCCCC(C)C.[Cl][Mg][Cl]. The molecule has 0 aromatic heterocycles. The lowest BCUT2D eigenvalue weighted by atomic mass is 10.1. The van der Waals surface area contributed by atoms with Gasteiger partial charge in [0.1, 0.15) is 0 Å². The summed E-state index contributed by atoms with van der Waals surface area (Å²) in [6.45, 7) is 8.32. The second kappa shape index (κ2) is 13.9. The summed E-state index contributed by atoms with van der Waals surface area (Å²) in [7, 11) is 9.81. The first kappa shape index (κ1) is 14.8. The number of hydrogen-bond acceptors (Lipinski definition) is 0. The largest absolute Gasteiger partial charge is 0.618 e. The third-order valence-electron chi connectivity index (χ3n) is 1.28. The van der Waals surface area contributed by atoms with E-state index in [1.54, 1.807) is 0 Å². The monoisotopic (exact) mass is 207 g/mol. The van der Waals surface area contributed by atoms with Crippen molar-refractivity contribution >= 4 is 36.3 Å². The third kappa shape index (κ3) is 24.6. The number of hydrogen-bond donors (Lipinski definition) is 0. The predicted molar refractivity (Wildman–Crippen MR) is 56.1 cm³/mol. The highest BCUT2D eigenvalue weighted by Gasteiger charge is 1.90. The topological polar surface area (TPSA) is 0 Å². The molecule has 0 amide bonds. The average molecular weight is 208 g/mol. The maximum Gasteiger partial charge on any atom is 0.618 e.